The number of nitrogens with zero attached hydrogens (tertiary/aromatic N) is 1. The molecule has 4 heteroatoms. The molecule has 1 heterocycles. The SMILES string of the molecule is CC(C)c1ccc(C(=O)Nc2cc(C(C)(C)C)[nH]n2)cc1. The van der Waals surface area contributed by atoms with Gasteiger partial charge in [-0.2, -0.15) is 5.10 Å². The topological polar surface area (TPSA) is 57.8 Å². The molecule has 4 nitrogen and oxygen atoms in total. The van der Waals surface area contributed by atoms with Crippen molar-refractivity contribution in [3.63, 3.8) is 0 Å². The molecular weight excluding hydrogens is 262 g/mol. The molecule has 1 aromatic heterocycles. The predicted octanol–water partition coefficient (Wildman–Crippen LogP) is 4.08. The summed E-state index contributed by atoms with van der Waals surface area (Å²) in [5.41, 5.74) is 2.84. The Morgan fingerprint density at radius 1 is 1.19 bits per heavy atom. The number of carbonyl (C=O) groups excluding carboxylic acids is 1. The van der Waals surface area contributed by atoms with Gasteiger partial charge in [0, 0.05) is 22.7 Å². The number of rotatable bonds is 3. The van der Waals surface area contributed by atoms with Crippen LogP contribution in [0, 0.1) is 0 Å². The molecule has 0 aliphatic carbocycles. The van der Waals surface area contributed by atoms with Crippen molar-refractivity contribution in [3.05, 3.63) is 47.2 Å². The van der Waals surface area contributed by atoms with Crippen LogP contribution in [0.2, 0.25) is 0 Å². The van der Waals surface area contributed by atoms with Gasteiger partial charge in [-0.15, -0.1) is 0 Å². The highest BCUT2D eigenvalue weighted by molar-refractivity contribution is 6.03. The fourth-order valence-corrected chi connectivity index (χ4v) is 1.98. The zero-order valence-electron chi connectivity index (χ0n) is 13.3. The lowest BCUT2D eigenvalue weighted by Crippen LogP contribution is -2.12. The van der Waals surface area contributed by atoms with Crippen LogP contribution in [0.1, 0.15) is 62.2 Å². The minimum absolute atomic E-state index is 0.0190. The van der Waals surface area contributed by atoms with E-state index in [2.05, 4.69) is 50.1 Å². The summed E-state index contributed by atoms with van der Waals surface area (Å²) in [4.78, 5) is 12.2. The van der Waals surface area contributed by atoms with Crippen LogP contribution < -0.4 is 5.32 Å². The Bertz CT molecular complexity index is 618. The summed E-state index contributed by atoms with van der Waals surface area (Å²) in [5, 5.41) is 9.92. The summed E-state index contributed by atoms with van der Waals surface area (Å²) >= 11 is 0. The van der Waals surface area contributed by atoms with Crippen molar-refractivity contribution in [1.29, 1.82) is 0 Å². The van der Waals surface area contributed by atoms with Crippen LogP contribution in [0.4, 0.5) is 5.82 Å². The van der Waals surface area contributed by atoms with Gasteiger partial charge in [-0.05, 0) is 23.6 Å². The minimum atomic E-state index is -0.141. The molecule has 0 radical (unpaired) electrons. The van der Waals surface area contributed by atoms with Crippen molar-refractivity contribution in [2.45, 2.75) is 46.0 Å². The molecule has 0 saturated heterocycles. The zero-order chi connectivity index (χ0) is 15.6. The van der Waals surface area contributed by atoms with Crippen LogP contribution in [0.15, 0.2) is 30.3 Å². The molecular formula is C17H23N3O. The Morgan fingerprint density at radius 3 is 2.29 bits per heavy atom. The monoisotopic (exact) mass is 285 g/mol. The quantitative estimate of drug-likeness (QED) is 0.892. The fraction of sp³-hybridized carbons (Fsp3) is 0.412. The van der Waals surface area contributed by atoms with Crippen LogP contribution in [-0.2, 0) is 5.41 Å². The van der Waals surface area contributed by atoms with E-state index in [-0.39, 0.29) is 11.3 Å². The van der Waals surface area contributed by atoms with Crippen LogP contribution in [0.3, 0.4) is 0 Å². The number of carbonyl (C=O) groups is 1. The van der Waals surface area contributed by atoms with Crippen molar-refractivity contribution in [2.75, 3.05) is 5.32 Å². The number of nitrogens with one attached hydrogen (secondary N) is 2. The second-order valence-electron chi connectivity index (χ2n) is 6.65. The van der Waals surface area contributed by atoms with Gasteiger partial charge in [0.25, 0.3) is 5.91 Å². The molecule has 1 amide bonds. The predicted molar refractivity (Wildman–Crippen MR) is 85.8 cm³/mol. The number of amides is 1. The van der Waals surface area contributed by atoms with E-state index in [1.54, 1.807) is 0 Å². The van der Waals surface area contributed by atoms with Gasteiger partial charge in [0.15, 0.2) is 5.82 Å². The largest absolute Gasteiger partial charge is 0.305 e. The van der Waals surface area contributed by atoms with Gasteiger partial charge in [0.1, 0.15) is 0 Å². The van der Waals surface area contributed by atoms with E-state index in [1.165, 1.54) is 5.56 Å². The number of anilines is 1. The summed E-state index contributed by atoms with van der Waals surface area (Å²) < 4.78 is 0. The Labute approximate surface area is 126 Å². The number of benzene rings is 1. The maximum absolute atomic E-state index is 12.2. The Kier molecular flexibility index (Phi) is 4.16. The van der Waals surface area contributed by atoms with E-state index in [1.807, 2.05) is 30.3 Å². The van der Waals surface area contributed by atoms with Gasteiger partial charge in [0.05, 0.1) is 0 Å². The molecule has 0 bridgehead atoms. The maximum Gasteiger partial charge on any atom is 0.256 e. The lowest BCUT2D eigenvalue weighted by atomic mass is 9.92. The van der Waals surface area contributed by atoms with E-state index in [0.717, 1.165) is 5.69 Å². The Hall–Kier alpha value is -2.10. The molecule has 2 rings (SSSR count). The van der Waals surface area contributed by atoms with Crippen LogP contribution >= 0.6 is 0 Å². The molecule has 112 valence electrons. The summed E-state index contributed by atoms with van der Waals surface area (Å²) in [6.07, 6.45) is 0. The number of hydrogen-bond acceptors (Lipinski definition) is 2. The third-order valence-corrected chi connectivity index (χ3v) is 3.47. The molecule has 21 heavy (non-hydrogen) atoms. The first-order chi connectivity index (χ1) is 9.77. The van der Waals surface area contributed by atoms with Crippen molar-refractivity contribution >= 4 is 11.7 Å². The van der Waals surface area contributed by atoms with Gasteiger partial charge in [-0.25, -0.2) is 0 Å². The number of aromatic amines is 1. The number of hydrogen-bond donors (Lipinski definition) is 2. The first kappa shape index (κ1) is 15.3. The normalized spacial score (nSPS) is 11.7. The number of H-pyrrole nitrogens is 1. The average molecular weight is 285 g/mol. The van der Waals surface area contributed by atoms with Gasteiger partial charge in [-0.3, -0.25) is 9.89 Å². The first-order valence-corrected chi connectivity index (χ1v) is 7.24. The zero-order valence-corrected chi connectivity index (χ0v) is 13.3. The van der Waals surface area contributed by atoms with E-state index in [0.29, 0.717) is 17.3 Å². The average Bonchev–Trinajstić information content (AvgIpc) is 2.87. The molecule has 0 spiro atoms. The van der Waals surface area contributed by atoms with E-state index in [9.17, 15) is 4.79 Å². The summed E-state index contributed by atoms with van der Waals surface area (Å²) in [7, 11) is 0. The van der Waals surface area contributed by atoms with Gasteiger partial charge >= 0.3 is 0 Å². The molecule has 0 atom stereocenters. The second kappa shape index (κ2) is 5.72. The van der Waals surface area contributed by atoms with Crippen molar-refractivity contribution in [1.82, 2.24) is 10.2 Å². The molecule has 0 aliphatic rings. The highest BCUT2D eigenvalue weighted by Crippen LogP contribution is 2.22. The molecule has 0 fully saturated rings. The lowest BCUT2D eigenvalue weighted by Gasteiger charge is -2.14. The van der Waals surface area contributed by atoms with Crippen LogP contribution in [0.5, 0.6) is 0 Å². The highest BCUT2D eigenvalue weighted by Gasteiger charge is 2.17. The van der Waals surface area contributed by atoms with E-state index >= 15 is 0 Å². The second-order valence-corrected chi connectivity index (χ2v) is 6.65. The Balaban J connectivity index is 2.09. The molecule has 0 aliphatic heterocycles. The highest BCUT2D eigenvalue weighted by atomic mass is 16.1. The summed E-state index contributed by atoms with van der Waals surface area (Å²) in [5.74, 6) is 0.873. The van der Waals surface area contributed by atoms with Crippen molar-refractivity contribution < 1.29 is 4.79 Å². The van der Waals surface area contributed by atoms with Gasteiger partial charge in [0.2, 0.25) is 0 Å². The van der Waals surface area contributed by atoms with Crippen LogP contribution in [0.25, 0.3) is 0 Å². The third-order valence-electron chi connectivity index (χ3n) is 3.47. The van der Waals surface area contributed by atoms with Crippen molar-refractivity contribution in [3.8, 4) is 0 Å². The fourth-order valence-electron chi connectivity index (χ4n) is 1.98. The first-order valence-electron chi connectivity index (χ1n) is 7.24. The molecule has 1 aromatic carbocycles. The maximum atomic E-state index is 12.2. The molecule has 0 unspecified atom stereocenters. The molecule has 2 aromatic rings. The Morgan fingerprint density at radius 2 is 1.81 bits per heavy atom. The summed E-state index contributed by atoms with van der Waals surface area (Å²) in [6, 6.07) is 9.56. The number of aromatic nitrogens is 2. The van der Waals surface area contributed by atoms with E-state index < -0.39 is 0 Å². The third kappa shape index (κ3) is 3.72. The van der Waals surface area contributed by atoms with E-state index in [4.69, 9.17) is 0 Å². The molecule has 2 N–H and O–H groups in total. The van der Waals surface area contributed by atoms with Crippen molar-refractivity contribution in [2.24, 2.45) is 0 Å². The minimum Gasteiger partial charge on any atom is -0.305 e. The lowest BCUT2D eigenvalue weighted by molar-refractivity contribution is 0.102. The standard InChI is InChI=1S/C17H23N3O/c1-11(2)12-6-8-13(9-7-12)16(21)18-15-10-14(19-20-15)17(3,4)5/h6-11H,1-5H3,(H2,18,19,20,21). The van der Waals surface area contributed by atoms with Gasteiger partial charge in [-0.1, -0.05) is 46.8 Å². The van der Waals surface area contributed by atoms with Crippen LogP contribution in [-0.4, -0.2) is 16.1 Å². The van der Waals surface area contributed by atoms with Gasteiger partial charge < -0.3 is 5.32 Å². The molecule has 0 saturated carbocycles. The smallest absolute Gasteiger partial charge is 0.256 e. The summed E-state index contributed by atoms with van der Waals surface area (Å²) in [6.45, 7) is 10.5.